The van der Waals surface area contributed by atoms with Gasteiger partial charge >= 0.3 is 0 Å². The number of aromatic amines is 1. The van der Waals surface area contributed by atoms with Crippen molar-refractivity contribution in [2.24, 2.45) is 0 Å². The summed E-state index contributed by atoms with van der Waals surface area (Å²) in [5, 5.41) is 17.5. The summed E-state index contributed by atoms with van der Waals surface area (Å²) in [5.74, 6) is 1.34. The highest BCUT2D eigenvalue weighted by molar-refractivity contribution is 6.36. The van der Waals surface area contributed by atoms with Crippen molar-refractivity contribution in [1.29, 1.82) is 0 Å². The third kappa shape index (κ3) is 3.15. The van der Waals surface area contributed by atoms with Gasteiger partial charge in [0, 0.05) is 29.6 Å². The van der Waals surface area contributed by atoms with Crippen molar-refractivity contribution in [3.05, 3.63) is 39.9 Å². The molecule has 0 saturated carbocycles. The third-order valence-corrected chi connectivity index (χ3v) is 4.65. The highest BCUT2D eigenvalue weighted by Crippen LogP contribution is 2.34. The first kappa shape index (κ1) is 14.6. The fraction of sp³-hybridized carbons (Fsp3) is 0.429. The number of aromatic nitrogens is 3. The number of phenols is 1. The lowest BCUT2D eigenvalue weighted by Crippen LogP contribution is -2.34. The Labute approximate surface area is 132 Å². The van der Waals surface area contributed by atoms with Gasteiger partial charge in [-0.3, -0.25) is 10.00 Å². The first-order valence-corrected chi connectivity index (χ1v) is 7.64. The molecule has 5 nitrogen and oxygen atoms in total. The summed E-state index contributed by atoms with van der Waals surface area (Å²) in [6.07, 6.45) is 3.71. The second-order valence-corrected chi connectivity index (χ2v) is 6.09. The highest BCUT2D eigenvalue weighted by Gasteiger charge is 2.24. The molecule has 1 aliphatic rings. The number of nitrogens with zero attached hydrogens (tertiary/aromatic N) is 3. The molecule has 0 spiro atoms. The number of nitrogens with one attached hydrogen (secondary N) is 1. The summed E-state index contributed by atoms with van der Waals surface area (Å²) in [4.78, 5) is 6.53. The molecule has 1 fully saturated rings. The lowest BCUT2D eigenvalue weighted by atomic mass is 9.97. The van der Waals surface area contributed by atoms with E-state index in [0.717, 1.165) is 37.3 Å². The third-order valence-electron chi connectivity index (χ3n) is 3.87. The molecule has 1 aliphatic heterocycles. The zero-order chi connectivity index (χ0) is 14.8. The molecule has 1 aromatic heterocycles. The molecule has 0 aliphatic carbocycles. The molecule has 7 heteroatoms. The Bertz CT molecular complexity index is 618. The van der Waals surface area contributed by atoms with Gasteiger partial charge in [0.1, 0.15) is 17.9 Å². The van der Waals surface area contributed by atoms with E-state index in [9.17, 15) is 5.11 Å². The monoisotopic (exact) mass is 326 g/mol. The van der Waals surface area contributed by atoms with Crippen molar-refractivity contribution in [3.63, 3.8) is 0 Å². The first-order valence-electron chi connectivity index (χ1n) is 6.88. The van der Waals surface area contributed by atoms with E-state index in [-0.39, 0.29) is 5.75 Å². The Hall–Kier alpha value is -1.30. The molecule has 1 atom stereocenters. The van der Waals surface area contributed by atoms with Gasteiger partial charge in [0.2, 0.25) is 0 Å². The summed E-state index contributed by atoms with van der Waals surface area (Å²) in [7, 11) is 0. The number of hydrogen-bond donors (Lipinski definition) is 2. The van der Waals surface area contributed by atoms with Crippen LogP contribution < -0.4 is 0 Å². The average molecular weight is 327 g/mol. The molecule has 2 heterocycles. The number of halogens is 2. The van der Waals surface area contributed by atoms with Gasteiger partial charge in [-0.15, -0.1) is 0 Å². The maximum Gasteiger partial charge on any atom is 0.137 e. The quantitative estimate of drug-likeness (QED) is 0.909. The minimum atomic E-state index is 0.0693. The smallest absolute Gasteiger partial charge is 0.137 e. The maximum absolute atomic E-state index is 9.72. The summed E-state index contributed by atoms with van der Waals surface area (Å²) in [6.45, 7) is 2.47. The lowest BCUT2D eigenvalue weighted by molar-refractivity contribution is 0.196. The molecule has 0 bridgehead atoms. The van der Waals surface area contributed by atoms with Gasteiger partial charge < -0.3 is 5.11 Å². The number of phenolic OH excluding ortho intramolecular Hbond substituents is 1. The van der Waals surface area contributed by atoms with Crippen LogP contribution in [-0.2, 0) is 6.54 Å². The largest absolute Gasteiger partial charge is 0.506 e. The van der Waals surface area contributed by atoms with Gasteiger partial charge in [-0.2, -0.15) is 5.10 Å². The standard InChI is InChI=1S/C14H16Cl2N4O/c15-11-3-4-12(21)13(16)10(11)7-20-5-1-2-9(6-20)14-17-8-18-19-14/h3-4,8-9,21H,1-2,5-7H2,(H,17,18,19)/t9-/m1/s1. The average Bonchev–Trinajstić information content (AvgIpc) is 3.02. The summed E-state index contributed by atoms with van der Waals surface area (Å²) in [6, 6.07) is 3.19. The van der Waals surface area contributed by atoms with Crippen LogP contribution >= 0.6 is 23.2 Å². The molecule has 2 N–H and O–H groups in total. The van der Waals surface area contributed by atoms with Gasteiger partial charge in [0.25, 0.3) is 0 Å². The van der Waals surface area contributed by atoms with Crippen LogP contribution in [0.2, 0.25) is 10.0 Å². The topological polar surface area (TPSA) is 65.0 Å². The van der Waals surface area contributed by atoms with Crippen LogP contribution in [-0.4, -0.2) is 38.3 Å². The van der Waals surface area contributed by atoms with Crippen LogP contribution in [0.25, 0.3) is 0 Å². The molecule has 0 radical (unpaired) electrons. The fourth-order valence-electron chi connectivity index (χ4n) is 2.79. The number of aromatic hydroxyl groups is 1. The summed E-state index contributed by atoms with van der Waals surface area (Å²) >= 11 is 12.4. The molecule has 0 unspecified atom stereocenters. The fourth-order valence-corrected chi connectivity index (χ4v) is 3.28. The van der Waals surface area contributed by atoms with Crippen molar-refractivity contribution in [2.75, 3.05) is 13.1 Å². The van der Waals surface area contributed by atoms with E-state index in [2.05, 4.69) is 20.1 Å². The minimum absolute atomic E-state index is 0.0693. The second-order valence-electron chi connectivity index (χ2n) is 5.30. The van der Waals surface area contributed by atoms with Crippen LogP contribution in [0, 0.1) is 0 Å². The molecule has 112 valence electrons. The minimum Gasteiger partial charge on any atom is -0.506 e. The van der Waals surface area contributed by atoms with Gasteiger partial charge in [0.15, 0.2) is 0 Å². The van der Waals surface area contributed by atoms with E-state index in [1.54, 1.807) is 6.07 Å². The maximum atomic E-state index is 9.72. The SMILES string of the molecule is Oc1ccc(Cl)c(CN2CCC[C@@H](c3ncn[nH]3)C2)c1Cl. The molecule has 0 amide bonds. The van der Waals surface area contributed by atoms with Crippen LogP contribution in [0.5, 0.6) is 5.75 Å². The van der Waals surface area contributed by atoms with E-state index in [4.69, 9.17) is 23.2 Å². The Kier molecular flexibility index (Phi) is 4.33. The number of rotatable bonds is 3. The van der Waals surface area contributed by atoms with Crippen molar-refractivity contribution in [1.82, 2.24) is 20.1 Å². The van der Waals surface area contributed by atoms with Crippen LogP contribution in [0.1, 0.15) is 30.1 Å². The molecule has 1 saturated heterocycles. The van der Waals surface area contributed by atoms with Gasteiger partial charge in [-0.25, -0.2) is 4.98 Å². The molecule has 21 heavy (non-hydrogen) atoms. The zero-order valence-electron chi connectivity index (χ0n) is 11.4. The van der Waals surface area contributed by atoms with Gasteiger partial charge in [-0.1, -0.05) is 23.2 Å². The van der Waals surface area contributed by atoms with Crippen molar-refractivity contribution >= 4 is 23.2 Å². The van der Waals surface area contributed by atoms with E-state index >= 15 is 0 Å². The van der Waals surface area contributed by atoms with Crippen molar-refractivity contribution in [2.45, 2.75) is 25.3 Å². The second kappa shape index (κ2) is 6.22. The van der Waals surface area contributed by atoms with Crippen LogP contribution in [0.15, 0.2) is 18.5 Å². The van der Waals surface area contributed by atoms with Crippen LogP contribution in [0.3, 0.4) is 0 Å². The number of likely N-dealkylation sites (tertiary alicyclic amines) is 1. The predicted molar refractivity (Wildman–Crippen MR) is 81.8 cm³/mol. The Morgan fingerprint density at radius 3 is 3.00 bits per heavy atom. The number of benzene rings is 1. The molecular formula is C14H16Cl2N4O. The zero-order valence-corrected chi connectivity index (χ0v) is 12.9. The first-order chi connectivity index (χ1) is 10.1. The normalized spacial score (nSPS) is 19.8. The van der Waals surface area contributed by atoms with Crippen molar-refractivity contribution < 1.29 is 5.11 Å². The predicted octanol–water partition coefficient (Wildman–Crippen LogP) is 3.20. The van der Waals surface area contributed by atoms with Gasteiger partial charge in [-0.05, 0) is 31.5 Å². The number of H-pyrrole nitrogens is 1. The summed E-state index contributed by atoms with van der Waals surface area (Å²) < 4.78 is 0. The molecule has 3 rings (SSSR count). The summed E-state index contributed by atoms with van der Waals surface area (Å²) in [5.41, 5.74) is 0.775. The Morgan fingerprint density at radius 2 is 2.24 bits per heavy atom. The lowest BCUT2D eigenvalue weighted by Gasteiger charge is -2.32. The van der Waals surface area contributed by atoms with Gasteiger partial charge in [0.05, 0.1) is 5.02 Å². The van der Waals surface area contributed by atoms with E-state index in [1.165, 1.54) is 12.4 Å². The highest BCUT2D eigenvalue weighted by atomic mass is 35.5. The Morgan fingerprint density at radius 1 is 1.38 bits per heavy atom. The molecule has 2 aromatic rings. The molecule has 1 aromatic carbocycles. The number of hydrogen-bond acceptors (Lipinski definition) is 4. The number of piperidine rings is 1. The van der Waals surface area contributed by atoms with E-state index in [1.807, 2.05) is 0 Å². The Balaban J connectivity index is 1.75. The molecular weight excluding hydrogens is 311 g/mol. The van der Waals surface area contributed by atoms with E-state index < -0.39 is 0 Å². The van der Waals surface area contributed by atoms with E-state index in [0.29, 0.717) is 22.5 Å². The van der Waals surface area contributed by atoms with Crippen molar-refractivity contribution in [3.8, 4) is 5.75 Å². The van der Waals surface area contributed by atoms with Crippen LogP contribution in [0.4, 0.5) is 0 Å².